The highest BCUT2D eigenvalue weighted by Crippen LogP contribution is 2.22. The molecule has 0 bridgehead atoms. The summed E-state index contributed by atoms with van der Waals surface area (Å²) in [6.07, 6.45) is 4.71. The first-order valence-electron chi connectivity index (χ1n) is 8.11. The second kappa shape index (κ2) is 8.00. The second-order valence-electron chi connectivity index (χ2n) is 5.58. The molecular weight excluding hydrogens is 373 g/mol. The van der Waals surface area contributed by atoms with Crippen molar-refractivity contribution in [3.8, 4) is 0 Å². The van der Waals surface area contributed by atoms with E-state index in [1.165, 1.54) is 18.3 Å². The lowest BCUT2D eigenvalue weighted by Crippen LogP contribution is -2.17. The van der Waals surface area contributed by atoms with Gasteiger partial charge in [0.2, 0.25) is 5.95 Å². The Morgan fingerprint density at radius 2 is 2.19 bits per heavy atom. The minimum atomic E-state index is -0.706. The largest absolute Gasteiger partial charge is 0.365 e. The molecule has 2 heterocycles. The molecule has 0 aliphatic carbocycles. The average Bonchev–Trinajstić information content (AvgIpc) is 3.09. The van der Waals surface area contributed by atoms with Crippen LogP contribution in [0, 0.1) is 5.82 Å². The van der Waals surface area contributed by atoms with E-state index in [1.807, 2.05) is 6.92 Å². The van der Waals surface area contributed by atoms with Gasteiger partial charge in [0.05, 0.1) is 17.4 Å². The molecule has 0 unspecified atom stereocenters. The number of aryl methyl sites for hydroxylation is 1. The first kappa shape index (κ1) is 18.6. The van der Waals surface area contributed by atoms with Gasteiger partial charge in [-0.15, -0.1) is 0 Å². The molecule has 0 saturated carbocycles. The van der Waals surface area contributed by atoms with E-state index in [2.05, 4.69) is 25.7 Å². The lowest BCUT2D eigenvalue weighted by molar-refractivity contribution is 0.100. The van der Waals surface area contributed by atoms with Crippen molar-refractivity contribution in [2.75, 3.05) is 10.6 Å². The molecule has 1 amide bonds. The summed E-state index contributed by atoms with van der Waals surface area (Å²) in [5, 5.41) is 10.3. The summed E-state index contributed by atoms with van der Waals surface area (Å²) in [4.78, 5) is 20.0. The Kier molecular flexibility index (Phi) is 5.51. The molecule has 0 aliphatic heterocycles. The maximum absolute atomic E-state index is 13.9. The highest BCUT2D eigenvalue weighted by molar-refractivity contribution is 6.31. The monoisotopic (exact) mass is 389 g/mol. The van der Waals surface area contributed by atoms with Crippen LogP contribution in [0.4, 0.5) is 21.8 Å². The molecule has 2 aromatic heterocycles. The Bertz CT molecular complexity index is 955. The van der Waals surface area contributed by atoms with Gasteiger partial charge in [0.1, 0.15) is 11.6 Å². The number of primary amides is 1. The molecule has 0 radical (unpaired) electrons. The summed E-state index contributed by atoms with van der Waals surface area (Å²) in [5.74, 6) is -0.766. The van der Waals surface area contributed by atoms with Gasteiger partial charge in [0.25, 0.3) is 5.91 Å². The fourth-order valence-corrected chi connectivity index (χ4v) is 2.59. The third kappa shape index (κ3) is 4.32. The number of nitrogens with one attached hydrogen (secondary N) is 2. The van der Waals surface area contributed by atoms with Crippen molar-refractivity contribution in [2.24, 2.45) is 5.73 Å². The van der Waals surface area contributed by atoms with Gasteiger partial charge in [0.15, 0.2) is 0 Å². The zero-order valence-corrected chi connectivity index (χ0v) is 15.2. The van der Waals surface area contributed by atoms with Gasteiger partial charge in [-0.1, -0.05) is 17.7 Å². The Morgan fingerprint density at radius 1 is 1.37 bits per heavy atom. The maximum atomic E-state index is 13.9. The lowest BCUT2D eigenvalue weighted by Gasteiger charge is -2.12. The average molecular weight is 390 g/mol. The first-order chi connectivity index (χ1) is 13.0. The van der Waals surface area contributed by atoms with Gasteiger partial charge in [0, 0.05) is 36.1 Å². The Hall–Kier alpha value is -3.20. The quantitative estimate of drug-likeness (QED) is 0.573. The number of halogens is 2. The molecule has 0 fully saturated rings. The number of nitrogens with zero attached hydrogens (tertiary/aromatic N) is 4. The van der Waals surface area contributed by atoms with E-state index in [9.17, 15) is 9.18 Å². The number of hydrogen-bond donors (Lipinski definition) is 3. The Labute approximate surface area is 159 Å². The molecule has 4 N–H and O–H groups in total. The topological polar surface area (TPSA) is 111 Å². The van der Waals surface area contributed by atoms with Crippen molar-refractivity contribution in [3.63, 3.8) is 0 Å². The first-order valence-corrected chi connectivity index (χ1v) is 8.48. The summed E-state index contributed by atoms with van der Waals surface area (Å²) < 4.78 is 15.7. The molecule has 3 rings (SSSR count). The molecule has 0 saturated heterocycles. The van der Waals surface area contributed by atoms with Crippen LogP contribution in [0.25, 0.3) is 0 Å². The van der Waals surface area contributed by atoms with Gasteiger partial charge in [-0.3, -0.25) is 9.48 Å². The molecule has 0 atom stereocenters. The number of anilines is 3. The van der Waals surface area contributed by atoms with Crippen LogP contribution in [-0.2, 0) is 13.1 Å². The van der Waals surface area contributed by atoms with Gasteiger partial charge < -0.3 is 16.4 Å². The molecule has 3 aromatic rings. The number of carbonyl (C=O) groups is 1. The molecule has 0 aliphatic rings. The maximum Gasteiger partial charge on any atom is 0.254 e. The Balaban J connectivity index is 1.84. The lowest BCUT2D eigenvalue weighted by atomic mass is 10.2. The number of nitrogens with two attached hydrogens (primary N) is 1. The van der Waals surface area contributed by atoms with Crippen molar-refractivity contribution in [3.05, 3.63) is 58.8 Å². The van der Waals surface area contributed by atoms with E-state index in [0.717, 1.165) is 6.54 Å². The normalized spacial score (nSPS) is 10.6. The predicted octanol–water partition coefficient (Wildman–Crippen LogP) is 2.94. The van der Waals surface area contributed by atoms with Crippen molar-refractivity contribution < 1.29 is 9.18 Å². The Morgan fingerprint density at radius 3 is 2.85 bits per heavy atom. The van der Waals surface area contributed by atoms with Crippen LogP contribution in [0.2, 0.25) is 5.02 Å². The fraction of sp³-hybridized carbons (Fsp3) is 0.176. The van der Waals surface area contributed by atoms with E-state index in [0.29, 0.717) is 5.69 Å². The molecule has 10 heteroatoms. The molecular formula is C17H17ClFN7O. The number of hydrogen-bond acceptors (Lipinski definition) is 6. The van der Waals surface area contributed by atoms with E-state index in [-0.39, 0.29) is 34.5 Å². The molecule has 140 valence electrons. The smallest absolute Gasteiger partial charge is 0.254 e. The summed E-state index contributed by atoms with van der Waals surface area (Å²) in [6.45, 7) is 2.71. The third-order valence-corrected chi connectivity index (χ3v) is 4.12. The van der Waals surface area contributed by atoms with E-state index in [4.69, 9.17) is 17.3 Å². The summed E-state index contributed by atoms with van der Waals surface area (Å²) in [5.41, 5.74) is 6.40. The summed E-state index contributed by atoms with van der Waals surface area (Å²) in [6, 6.07) is 4.39. The molecule has 1 aromatic carbocycles. The van der Waals surface area contributed by atoms with Gasteiger partial charge in [-0.05, 0) is 19.1 Å². The zero-order chi connectivity index (χ0) is 19.4. The SMILES string of the molecule is CCn1cc(Nc2ncc(C(N)=O)c(NCc3c(F)cccc3Cl)n2)cn1. The number of carbonyl (C=O) groups excluding carboxylic acids is 1. The number of rotatable bonds is 7. The number of benzene rings is 1. The minimum absolute atomic E-state index is 0.0238. The van der Waals surface area contributed by atoms with Crippen molar-refractivity contribution >= 4 is 35.0 Å². The standard InChI is InChI=1S/C17H17ClFN7O/c1-2-26-9-10(6-23-26)24-17-22-8-12(15(20)27)16(25-17)21-7-11-13(18)4-3-5-14(11)19/h3-6,8-9H,2,7H2,1H3,(H2,20,27)(H2,21,22,24,25). The van der Waals surface area contributed by atoms with Crippen LogP contribution in [0.3, 0.4) is 0 Å². The van der Waals surface area contributed by atoms with Crippen molar-refractivity contribution in [1.29, 1.82) is 0 Å². The molecule has 27 heavy (non-hydrogen) atoms. The molecule has 8 nitrogen and oxygen atoms in total. The van der Waals surface area contributed by atoms with Crippen molar-refractivity contribution in [1.82, 2.24) is 19.7 Å². The highest BCUT2D eigenvalue weighted by Gasteiger charge is 2.14. The van der Waals surface area contributed by atoms with Crippen LogP contribution < -0.4 is 16.4 Å². The van der Waals surface area contributed by atoms with E-state index < -0.39 is 11.7 Å². The summed E-state index contributed by atoms with van der Waals surface area (Å²) in [7, 11) is 0. The van der Waals surface area contributed by atoms with Crippen LogP contribution >= 0.6 is 11.6 Å². The third-order valence-electron chi connectivity index (χ3n) is 3.76. The van der Waals surface area contributed by atoms with E-state index >= 15 is 0 Å². The number of amides is 1. The van der Waals surface area contributed by atoms with Crippen molar-refractivity contribution in [2.45, 2.75) is 20.0 Å². The minimum Gasteiger partial charge on any atom is -0.365 e. The zero-order valence-electron chi connectivity index (χ0n) is 14.4. The van der Waals surface area contributed by atoms with Gasteiger partial charge >= 0.3 is 0 Å². The van der Waals surface area contributed by atoms with Crippen LogP contribution in [-0.4, -0.2) is 25.7 Å². The highest BCUT2D eigenvalue weighted by atomic mass is 35.5. The van der Waals surface area contributed by atoms with Gasteiger partial charge in [-0.2, -0.15) is 10.1 Å². The summed E-state index contributed by atoms with van der Waals surface area (Å²) >= 11 is 6.03. The van der Waals surface area contributed by atoms with Crippen LogP contribution in [0.5, 0.6) is 0 Å². The van der Waals surface area contributed by atoms with Crippen LogP contribution in [0.15, 0.2) is 36.8 Å². The van der Waals surface area contributed by atoms with E-state index in [1.54, 1.807) is 23.1 Å². The molecule has 0 spiro atoms. The second-order valence-corrected chi connectivity index (χ2v) is 5.99. The van der Waals surface area contributed by atoms with Crippen LogP contribution in [0.1, 0.15) is 22.8 Å². The predicted molar refractivity (Wildman–Crippen MR) is 100 cm³/mol. The fourth-order valence-electron chi connectivity index (χ4n) is 2.36. The number of aromatic nitrogens is 4. The van der Waals surface area contributed by atoms with Gasteiger partial charge in [-0.25, -0.2) is 9.37 Å².